The number of rotatable bonds is 5. The van der Waals surface area contributed by atoms with Gasteiger partial charge >= 0.3 is 6.03 Å². The van der Waals surface area contributed by atoms with Crippen LogP contribution in [0.3, 0.4) is 0 Å². The van der Waals surface area contributed by atoms with Gasteiger partial charge in [0.25, 0.3) is 0 Å². The lowest BCUT2D eigenvalue weighted by Crippen LogP contribution is -2.37. The largest absolute Gasteiger partial charge is 0.358 e. The molecular weight excluding hydrogens is 252 g/mol. The molecule has 0 saturated carbocycles. The molecular formula is C11H18N4O2S. The summed E-state index contributed by atoms with van der Waals surface area (Å²) in [6.45, 7) is 4.13. The Kier molecular flexibility index (Phi) is 5.57. The molecule has 0 aliphatic carbocycles. The number of carbonyl (C=O) groups is 2. The molecule has 1 rings (SSSR count). The summed E-state index contributed by atoms with van der Waals surface area (Å²) in [4.78, 5) is 26.7. The third-order valence-electron chi connectivity index (χ3n) is 2.55. The lowest BCUT2D eigenvalue weighted by molar-refractivity contribution is -0.119. The van der Waals surface area contributed by atoms with Crippen molar-refractivity contribution in [2.75, 3.05) is 18.9 Å². The highest BCUT2D eigenvalue weighted by atomic mass is 32.1. The van der Waals surface area contributed by atoms with Crippen LogP contribution in [0.25, 0.3) is 0 Å². The minimum absolute atomic E-state index is 0.0497. The van der Waals surface area contributed by atoms with E-state index in [1.165, 1.54) is 18.4 Å². The van der Waals surface area contributed by atoms with Crippen molar-refractivity contribution in [3.05, 3.63) is 11.1 Å². The van der Waals surface area contributed by atoms with Crippen LogP contribution in [0.1, 0.15) is 31.9 Å². The van der Waals surface area contributed by atoms with Crippen molar-refractivity contribution in [1.29, 1.82) is 0 Å². The average Bonchev–Trinajstić information content (AvgIpc) is 2.83. The van der Waals surface area contributed by atoms with E-state index in [2.05, 4.69) is 34.8 Å². The Hall–Kier alpha value is -1.63. The number of hydrogen-bond acceptors (Lipinski definition) is 4. The molecule has 18 heavy (non-hydrogen) atoms. The van der Waals surface area contributed by atoms with Gasteiger partial charge < -0.3 is 10.6 Å². The topological polar surface area (TPSA) is 83.1 Å². The maximum Gasteiger partial charge on any atom is 0.321 e. The van der Waals surface area contributed by atoms with Crippen molar-refractivity contribution in [3.63, 3.8) is 0 Å². The molecule has 1 aromatic rings. The molecule has 1 heterocycles. The van der Waals surface area contributed by atoms with Crippen molar-refractivity contribution in [2.45, 2.75) is 26.2 Å². The first-order valence-corrected chi connectivity index (χ1v) is 6.65. The summed E-state index contributed by atoms with van der Waals surface area (Å²) in [6.07, 6.45) is 1.01. The predicted molar refractivity (Wildman–Crippen MR) is 71.9 cm³/mol. The second-order valence-electron chi connectivity index (χ2n) is 3.87. The van der Waals surface area contributed by atoms with E-state index in [0.717, 1.165) is 12.1 Å². The van der Waals surface area contributed by atoms with Crippen LogP contribution in [0.4, 0.5) is 9.93 Å². The standard InChI is InChI=1S/C11H18N4O2S/c1-4-7(2)8-6-18-11(14-8)15-10(17)13-5-9(16)12-3/h6-7H,4-5H2,1-3H3,(H,12,16)(H2,13,14,15,17)/t7-/m0/s1. The monoisotopic (exact) mass is 270 g/mol. The van der Waals surface area contributed by atoms with Crippen molar-refractivity contribution < 1.29 is 9.59 Å². The van der Waals surface area contributed by atoms with Crippen molar-refractivity contribution >= 4 is 28.4 Å². The highest BCUT2D eigenvalue weighted by Gasteiger charge is 2.10. The third-order valence-corrected chi connectivity index (χ3v) is 3.32. The molecule has 0 fully saturated rings. The normalized spacial score (nSPS) is 11.7. The van der Waals surface area contributed by atoms with E-state index in [0.29, 0.717) is 11.0 Å². The van der Waals surface area contributed by atoms with Crippen LogP contribution in [0.15, 0.2) is 5.38 Å². The van der Waals surface area contributed by atoms with Gasteiger partial charge in [-0.2, -0.15) is 0 Å². The van der Waals surface area contributed by atoms with E-state index < -0.39 is 6.03 Å². The maximum atomic E-state index is 11.4. The fraction of sp³-hybridized carbons (Fsp3) is 0.545. The van der Waals surface area contributed by atoms with Crippen molar-refractivity contribution in [3.8, 4) is 0 Å². The van der Waals surface area contributed by atoms with Crippen LogP contribution in [0.2, 0.25) is 0 Å². The van der Waals surface area contributed by atoms with E-state index in [1.54, 1.807) is 0 Å². The molecule has 0 bridgehead atoms. The number of aromatic nitrogens is 1. The van der Waals surface area contributed by atoms with E-state index >= 15 is 0 Å². The van der Waals surface area contributed by atoms with Crippen LogP contribution in [-0.2, 0) is 4.79 Å². The zero-order valence-corrected chi connectivity index (χ0v) is 11.6. The molecule has 0 saturated heterocycles. The van der Waals surface area contributed by atoms with Crippen LogP contribution in [0, 0.1) is 0 Å². The summed E-state index contributed by atoms with van der Waals surface area (Å²) < 4.78 is 0. The summed E-state index contributed by atoms with van der Waals surface area (Å²) in [5, 5.41) is 9.93. The second kappa shape index (κ2) is 6.95. The molecule has 0 radical (unpaired) electrons. The first-order valence-electron chi connectivity index (χ1n) is 5.77. The van der Waals surface area contributed by atoms with Gasteiger partial charge in [0.15, 0.2) is 5.13 Å². The molecule has 0 aliphatic heterocycles. The number of amides is 3. The van der Waals surface area contributed by atoms with Gasteiger partial charge in [-0.25, -0.2) is 9.78 Å². The van der Waals surface area contributed by atoms with Crippen LogP contribution >= 0.6 is 11.3 Å². The molecule has 7 heteroatoms. The number of carbonyl (C=O) groups excluding carboxylic acids is 2. The molecule has 0 unspecified atom stereocenters. The van der Waals surface area contributed by atoms with Crippen LogP contribution in [-0.4, -0.2) is 30.5 Å². The second-order valence-corrected chi connectivity index (χ2v) is 4.73. The molecule has 0 aliphatic rings. The SMILES string of the molecule is CC[C@H](C)c1csc(NC(=O)NCC(=O)NC)n1. The van der Waals surface area contributed by atoms with Crippen molar-refractivity contribution in [2.24, 2.45) is 0 Å². The fourth-order valence-corrected chi connectivity index (χ4v) is 2.00. The summed E-state index contributed by atoms with van der Waals surface area (Å²) in [5.74, 6) is 0.135. The van der Waals surface area contributed by atoms with Gasteiger partial charge in [0, 0.05) is 12.4 Å². The van der Waals surface area contributed by atoms with Gasteiger partial charge in [-0.15, -0.1) is 11.3 Å². The molecule has 0 spiro atoms. The number of likely N-dealkylation sites (N-methyl/N-ethyl adjacent to an activating group) is 1. The number of anilines is 1. The molecule has 6 nitrogen and oxygen atoms in total. The van der Waals surface area contributed by atoms with E-state index in [4.69, 9.17) is 0 Å². The van der Waals surface area contributed by atoms with E-state index in [1.807, 2.05) is 5.38 Å². The van der Waals surface area contributed by atoms with Crippen LogP contribution in [0.5, 0.6) is 0 Å². The van der Waals surface area contributed by atoms with Crippen LogP contribution < -0.4 is 16.0 Å². The summed E-state index contributed by atoms with van der Waals surface area (Å²) in [7, 11) is 1.52. The van der Waals surface area contributed by atoms with Gasteiger partial charge in [0.1, 0.15) is 0 Å². The Bertz CT molecular complexity index is 419. The molecule has 100 valence electrons. The molecule has 3 N–H and O–H groups in total. The lowest BCUT2D eigenvalue weighted by Gasteiger charge is -2.05. The highest BCUT2D eigenvalue weighted by Crippen LogP contribution is 2.23. The Morgan fingerprint density at radius 3 is 2.83 bits per heavy atom. The smallest absolute Gasteiger partial charge is 0.321 e. The summed E-state index contributed by atoms with van der Waals surface area (Å²) in [6, 6.07) is -0.427. The van der Waals surface area contributed by atoms with Gasteiger partial charge in [0.2, 0.25) is 5.91 Å². The Morgan fingerprint density at radius 1 is 1.50 bits per heavy atom. The Balaban J connectivity index is 2.44. The zero-order valence-electron chi connectivity index (χ0n) is 10.7. The number of hydrogen-bond donors (Lipinski definition) is 3. The first kappa shape index (κ1) is 14.4. The molecule has 1 aromatic heterocycles. The summed E-state index contributed by atoms with van der Waals surface area (Å²) in [5.41, 5.74) is 0.976. The highest BCUT2D eigenvalue weighted by molar-refractivity contribution is 7.13. The minimum atomic E-state index is -0.427. The quantitative estimate of drug-likeness (QED) is 0.758. The van der Waals surface area contributed by atoms with Crippen molar-refractivity contribution in [1.82, 2.24) is 15.6 Å². The van der Waals surface area contributed by atoms with E-state index in [9.17, 15) is 9.59 Å². The summed E-state index contributed by atoms with van der Waals surface area (Å²) >= 11 is 1.38. The number of nitrogens with zero attached hydrogens (tertiary/aromatic N) is 1. The Morgan fingerprint density at radius 2 is 2.22 bits per heavy atom. The van der Waals surface area contributed by atoms with Gasteiger partial charge in [-0.05, 0) is 12.3 Å². The zero-order chi connectivity index (χ0) is 13.5. The average molecular weight is 270 g/mol. The predicted octanol–water partition coefficient (Wildman–Crippen LogP) is 1.52. The number of urea groups is 1. The molecule has 3 amide bonds. The fourth-order valence-electron chi connectivity index (χ4n) is 1.17. The van der Waals surface area contributed by atoms with Gasteiger partial charge in [-0.1, -0.05) is 13.8 Å². The van der Waals surface area contributed by atoms with Gasteiger partial charge in [0.05, 0.1) is 12.2 Å². The maximum absolute atomic E-state index is 11.4. The number of thiazole rings is 1. The minimum Gasteiger partial charge on any atom is -0.358 e. The number of nitrogens with one attached hydrogen (secondary N) is 3. The Labute approximate surface area is 110 Å². The third kappa shape index (κ3) is 4.33. The lowest BCUT2D eigenvalue weighted by atomic mass is 10.1. The van der Waals surface area contributed by atoms with E-state index in [-0.39, 0.29) is 12.5 Å². The van der Waals surface area contributed by atoms with Gasteiger partial charge in [-0.3, -0.25) is 10.1 Å². The molecule has 0 aromatic carbocycles. The molecule has 1 atom stereocenters. The first-order chi connectivity index (χ1) is 8.56.